The van der Waals surface area contributed by atoms with E-state index in [2.05, 4.69) is 4.90 Å². The maximum atomic E-state index is 12.3. The molecule has 1 fully saturated rings. The van der Waals surface area contributed by atoms with Crippen LogP contribution in [0.15, 0.2) is 54.6 Å². The van der Waals surface area contributed by atoms with Crippen molar-refractivity contribution < 1.29 is 19.1 Å². The van der Waals surface area contributed by atoms with Gasteiger partial charge >= 0.3 is 12.1 Å². The second-order valence-electron chi connectivity index (χ2n) is 8.06. The number of piperazine rings is 1. The summed E-state index contributed by atoms with van der Waals surface area (Å²) in [7, 11) is 0. The van der Waals surface area contributed by atoms with Gasteiger partial charge in [0.05, 0.1) is 5.56 Å². The van der Waals surface area contributed by atoms with E-state index >= 15 is 0 Å². The Morgan fingerprint density at radius 3 is 2.10 bits per heavy atom. The number of amides is 1. The van der Waals surface area contributed by atoms with Crippen molar-refractivity contribution in [3.63, 3.8) is 0 Å². The second kappa shape index (κ2) is 8.99. The standard InChI is InChI=1S/C23H28N2O4/c1-23(2,3)29-21(26)19-9-11-20(12-10-19)24-13-15-25(16-14-24)22(27)28-17-18-7-5-4-6-8-18/h4-12H,13-17H2,1-3H3. The van der Waals surface area contributed by atoms with Crippen molar-refractivity contribution in [3.05, 3.63) is 65.7 Å². The zero-order valence-electron chi connectivity index (χ0n) is 17.3. The van der Waals surface area contributed by atoms with Gasteiger partial charge in [-0.05, 0) is 50.6 Å². The monoisotopic (exact) mass is 396 g/mol. The maximum Gasteiger partial charge on any atom is 0.410 e. The molecule has 154 valence electrons. The molecule has 0 aromatic heterocycles. The highest BCUT2D eigenvalue weighted by Gasteiger charge is 2.23. The number of nitrogens with zero attached hydrogens (tertiary/aromatic N) is 2. The van der Waals surface area contributed by atoms with Crippen molar-refractivity contribution >= 4 is 17.7 Å². The van der Waals surface area contributed by atoms with Crippen LogP contribution in [0, 0.1) is 0 Å². The number of rotatable bonds is 4. The summed E-state index contributed by atoms with van der Waals surface area (Å²) in [5, 5.41) is 0. The van der Waals surface area contributed by atoms with E-state index in [-0.39, 0.29) is 18.7 Å². The fourth-order valence-electron chi connectivity index (χ4n) is 3.10. The molecule has 29 heavy (non-hydrogen) atoms. The van der Waals surface area contributed by atoms with Crippen LogP contribution in [-0.2, 0) is 16.1 Å². The van der Waals surface area contributed by atoms with Gasteiger partial charge in [0.2, 0.25) is 0 Å². The zero-order valence-corrected chi connectivity index (χ0v) is 17.3. The Balaban J connectivity index is 1.48. The van der Waals surface area contributed by atoms with Gasteiger partial charge in [0.15, 0.2) is 0 Å². The molecular weight excluding hydrogens is 368 g/mol. The third-order valence-electron chi connectivity index (χ3n) is 4.61. The summed E-state index contributed by atoms with van der Waals surface area (Å²) in [6.07, 6.45) is -0.284. The molecule has 1 saturated heterocycles. The predicted molar refractivity (Wildman–Crippen MR) is 112 cm³/mol. The minimum absolute atomic E-state index is 0.284. The van der Waals surface area contributed by atoms with Crippen molar-refractivity contribution in [1.82, 2.24) is 4.90 Å². The number of hydrogen-bond donors (Lipinski definition) is 0. The van der Waals surface area contributed by atoms with Crippen LogP contribution < -0.4 is 4.90 Å². The summed E-state index contributed by atoms with van der Waals surface area (Å²) in [6.45, 7) is 8.46. The van der Waals surface area contributed by atoms with Crippen LogP contribution in [-0.4, -0.2) is 48.7 Å². The average Bonchev–Trinajstić information content (AvgIpc) is 2.72. The summed E-state index contributed by atoms with van der Waals surface area (Å²) >= 11 is 0. The highest BCUT2D eigenvalue weighted by molar-refractivity contribution is 5.90. The molecule has 0 bridgehead atoms. The second-order valence-corrected chi connectivity index (χ2v) is 8.06. The first-order chi connectivity index (χ1) is 13.8. The zero-order chi connectivity index (χ0) is 20.9. The van der Waals surface area contributed by atoms with Gasteiger partial charge < -0.3 is 19.3 Å². The lowest BCUT2D eigenvalue weighted by molar-refractivity contribution is 0.00694. The molecule has 6 nitrogen and oxygen atoms in total. The number of ether oxygens (including phenoxy) is 2. The molecule has 0 spiro atoms. The Labute approximate surface area is 172 Å². The molecule has 0 radical (unpaired) electrons. The van der Waals surface area contributed by atoms with E-state index < -0.39 is 5.60 Å². The van der Waals surface area contributed by atoms with Crippen LogP contribution in [0.3, 0.4) is 0 Å². The highest BCUT2D eigenvalue weighted by atomic mass is 16.6. The molecule has 1 heterocycles. The van der Waals surface area contributed by atoms with Crippen molar-refractivity contribution in [3.8, 4) is 0 Å². The fraction of sp³-hybridized carbons (Fsp3) is 0.391. The Bertz CT molecular complexity index is 820. The molecule has 0 saturated carbocycles. The van der Waals surface area contributed by atoms with Crippen molar-refractivity contribution in [2.45, 2.75) is 33.0 Å². The molecule has 1 aliphatic heterocycles. The molecule has 6 heteroatoms. The minimum atomic E-state index is -0.513. The normalized spacial score (nSPS) is 14.4. The molecule has 2 aromatic carbocycles. The maximum absolute atomic E-state index is 12.3. The number of anilines is 1. The first kappa shape index (κ1) is 20.7. The average molecular weight is 396 g/mol. The largest absolute Gasteiger partial charge is 0.456 e. The molecule has 3 rings (SSSR count). The molecule has 1 aliphatic rings. The SMILES string of the molecule is CC(C)(C)OC(=O)c1ccc(N2CCN(C(=O)OCc3ccccc3)CC2)cc1. The van der Waals surface area contributed by atoms with Crippen LogP contribution in [0.1, 0.15) is 36.7 Å². The van der Waals surface area contributed by atoms with E-state index in [1.807, 2.05) is 63.2 Å². The topological polar surface area (TPSA) is 59.1 Å². The van der Waals surface area contributed by atoms with E-state index in [0.29, 0.717) is 31.7 Å². The Hall–Kier alpha value is -3.02. The number of benzene rings is 2. The summed E-state index contributed by atoms with van der Waals surface area (Å²) in [5.41, 5.74) is 2.02. The van der Waals surface area contributed by atoms with Crippen molar-refractivity contribution in [1.29, 1.82) is 0 Å². The number of hydrogen-bond acceptors (Lipinski definition) is 5. The Kier molecular flexibility index (Phi) is 6.42. The molecule has 0 aliphatic carbocycles. The Morgan fingerprint density at radius 1 is 0.897 bits per heavy atom. The van der Waals surface area contributed by atoms with Gasteiger partial charge in [0.1, 0.15) is 12.2 Å². The quantitative estimate of drug-likeness (QED) is 0.728. The summed E-state index contributed by atoms with van der Waals surface area (Å²) < 4.78 is 10.8. The number of carbonyl (C=O) groups is 2. The molecular formula is C23H28N2O4. The molecule has 1 amide bonds. The van der Waals surface area contributed by atoms with Crippen molar-refractivity contribution in [2.24, 2.45) is 0 Å². The minimum Gasteiger partial charge on any atom is -0.456 e. The summed E-state index contributed by atoms with van der Waals surface area (Å²) in [5.74, 6) is -0.324. The highest BCUT2D eigenvalue weighted by Crippen LogP contribution is 2.19. The molecule has 2 aromatic rings. The Morgan fingerprint density at radius 2 is 1.52 bits per heavy atom. The third kappa shape index (κ3) is 5.98. The number of esters is 1. The van der Waals surface area contributed by atoms with Crippen molar-refractivity contribution in [2.75, 3.05) is 31.1 Å². The molecule has 0 N–H and O–H groups in total. The van der Waals surface area contributed by atoms with E-state index in [9.17, 15) is 9.59 Å². The van der Waals surface area contributed by atoms with Gasteiger partial charge in [-0.25, -0.2) is 9.59 Å². The molecule has 0 atom stereocenters. The van der Waals surface area contributed by atoms with Crippen LogP contribution in [0.2, 0.25) is 0 Å². The van der Waals surface area contributed by atoms with Gasteiger partial charge in [-0.2, -0.15) is 0 Å². The lowest BCUT2D eigenvalue weighted by Gasteiger charge is -2.35. The van der Waals surface area contributed by atoms with E-state index in [0.717, 1.165) is 11.3 Å². The lowest BCUT2D eigenvalue weighted by atomic mass is 10.1. The molecule has 0 unspecified atom stereocenters. The van der Waals surface area contributed by atoms with Crippen LogP contribution in [0.25, 0.3) is 0 Å². The van der Waals surface area contributed by atoms with E-state index in [1.54, 1.807) is 17.0 Å². The van der Waals surface area contributed by atoms with Crippen LogP contribution in [0.4, 0.5) is 10.5 Å². The van der Waals surface area contributed by atoms with Gasteiger partial charge in [0.25, 0.3) is 0 Å². The summed E-state index contributed by atoms with van der Waals surface area (Å²) in [6, 6.07) is 17.1. The first-order valence-corrected chi connectivity index (χ1v) is 9.86. The fourth-order valence-corrected chi connectivity index (χ4v) is 3.10. The van der Waals surface area contributed by atoms with E-state index in [4.69, 9.17) is 9.47 Å². The van der Waals surface area contributed by atoms with Gasteiger partial charge in [0, 0.05) is 31.9 Å². The third-order valence-corrected chi connectivity index (χ3v) is 4.61. The van der Waals surface area contributed by atoms with Crippen LogP contribution >= 0.6 is 0 Å². The smallest absolute Gasteiger partial charge is 0.410 e. The first-order valence-electron chi connectivity index (χ1n) is 9.86. The number of carbonyl (C=O) groups excluding carboxylic acids is 2. The van der Waals surface area contributed by atoms with Gasteiger partial charge in [-0.15, -0.1) is 0 Å². The summed E-state index contributed by atoms with van der Waals surface area (Å²) in [4.78, 5) is 28.3. The van der Waals surface area contributed by atoms with Crippen LogP contribution in [0.5, 0.6) is 0 Å². The lowest BCUT2D eigenvalue weighted by Crippen LogP contribution is -2.48. The predicted octanol–water partition coefficient (Wildman–Crippen LogP) is 4.10. The van der Waals surface area contributed by atoms with Gasteiger partial charge in [-0.3, -0.25) is 0 Å². The van der Waals surface area contributed by atoms with E-state index in [1.165, 1.54) is 0 Å². The van der Waals surface area contributed by atoms with Gasteiger partial charge in [-0.1, -0.05) is 30.3 Å².